The summed E-state index contributed by atoms with van der Waals surface area (Å²) in [6.07, 6.45) is 0. The highest BCUT2D eigenvalue weighted by Gasteiger charge is 2.21. The largest absolute Gasteiger partial charge is 0.352 e. The number of nitrogens with zero attached hydrogens (tertiary/aromatic N) is 3. The van der Waals surface area contributed by atoms with E-state index >= 15 is 0 Å². The predicted octanol–water partition coefficient (Wildman–Crippen LogP) is 3.30. The van der Waals surface area contributed by atoms with Crippen molar-refractivity contribution in [2.75, 3.05) is 0 Å². The van der Waals surface area contributed by atoms with Gasteiger partial charge in [0, 0.05) is 6.54 Å². The van der Waals surface area contributed by atoms with Crippen molar-refractivity contribution in [2.24, 2.45) is 0 Å². The lowest BCUT2D eigenvalue weighted by Gasteiger charge is -2.14. The molecule has 0 unspecified atom stereocenters. The van der Waals surface area contributed by atoms with Crippen LogP contribution in [0.5, 0.6) is 0 Å². The van der Waals surface area contributed by atoms with Crippen LogP contribution in [0.25, 0.3) is 5.69 Å². The summed E-state index contributed by atoms with van der Waals surface area (Å²) in [5.41, 5.74) is 3.37. The van der Waals surface area contributed by atoms with Crippen molar-refractivity contribution in [1.82, 2.24) is 19.7 Å². The minimum absolute atomic E-state index is 0.0383. The monoisotopic (exact) mass is 454 g/mol. The molecule has 7 nitrogen and oxygen atoms in total. The van der Waals surface area contributed by atoms with Gasteiger partial charge >= 0.3 is 5.69 Å². The van der Waals surface area contributed by atoms with Gasteiger partial charge in [0.05, 0.1) is 12.2 Å². The number of aryl methyl sites for hydroxylation is 3. The molecule has 4 aromatic rings. The summed E-state index contributed by atoms with van der Waals surface area (Å²) in [5, 5.41) is 6.97. The maximum absolute atomic E-state index is 13.4. The quantitative estimate of drug-likeness (QED) is 0.484. The Morgan fingerprint density at radius 2 is 1.53 bits per heavy atom. The Labute approximate surface area is 197 Å². The molecule has 3 aromatic carbocycles. The molecular formula is C27H26N4O3. The number of amides is 1. The van der Waals surface area contributed by atoms with Crippen LogP contribution in [-0.4, -0.2) is 20.3 Å². The van der Waals surface area contributed by atoms with Crippen LogP contribution in [0.2, 0.25) is 0 Å². The van der Waals surface area contributed by atoms with E-state index in [1.54, 1.807) is 12.1 Å². The summed E-state index contributed by atoms with van der Waals surface area (Å²) >= 11 is 0. The van der Waals surface area contributed by atoms with Gasteiger partial charge in [-0.1, -0.05) is 60.7 Å². The molecule has 4 rings (SSSR count). The minimum atomic E-state index is -0.723. The molecule has 0 atom stereocenters. The topological polar surface area (TPSA) is 86.0 Å². The van der Waals surface area contributed by atoms with Gasteiger partial charge in [-0.3, -0.25) is 14.2 Å². The van der Waals surface area contributed by atoms with Gasteiger partial charge in [0.1, 0.15) is 0 Å². The van der Waals surface area contributed by atoms with Crippen LogP contribution >= 0.6 is 0 Å². The van der Waals surface area contributed by atoms with E-state index in [1.807, 2.05) is 81.4 Å². The SMILES string of the molecule is Cc1cc(C)cc(-n2nc(C(=O)NCc3ccccc3)c(=O)n(Cc3ccccc3C)c2=O)c1. The molecule has 0 radical (unpaired) electrons. The molecule has 0 saturated carbocycles. The van der Waals surface area contributed by atoms with Crippen molar-refractivity contribution in [2.45, 2.75) is 33.9 Å². The van der Waals surface area contributed by atoms with Gasteiger partial charge in [-0.15, -0.1) is 0 Å². The van der Waals surface area contributed by atoms with Crippen molar-refractivity contribution in [1.29, 1.82) is 0 Å². The highest BCUT2D eigenvalue weighted by molar-refractivity contribution is 5.91. The molecule has 1 amide bonds. The van der Waals surface area contributed by atoms with E-state index in [4.69, 9.17) is 0 Å². The van der Waals surface area contributed by atoms with Crippen LogP contribution in [-0.2, 0) is 13.1 Å². The average molecular weight is 455 g/mol. The first-order valence-corrected chi connectivity index (χ1v) is 11.0. The number of hydrogen-bond donors (Lipinski definition) is 1. The highest BCUT2D eigenvalue weighted by atomic mass is 16.2. The number of carbonyl (C=O) groups is 1. The fraction of sp³-hybridized carbons (Fsp3) is 0.185. The van der Waals surface area contributed by atoms with Crippen molar-refractivity contribution in [3.8, 4) is 5.69 Å². The van der Waals surface area contributed by atoms with Gasteiger partial charge in [-0.25, -0.2) is 4.79 Å². The van der Waals surface area contributed by atoms with Gasteiger partial charge < -0.3 is 5.32 Å². The molecule has 1 heterocycles. The molecule has 0 fully saturated rings. The molecule has 0 saturated heterocycles. The fourth-order valence-corrected chi connectivity index (χ4v) is 3.86. The summed E-state index contributed by atoms with van der Waals surface area (Å²) < 4.78 is 2.21. The van der Waals surface area contributed by atoms with Gasteiger partial charge in [0.25, 0.3) is 11.5 Å². The molecule has 1 N–H and O–H groups in total. The third-order valence-corrected chi connectivity index (χ3v) is 5.61. The van der Waals surface area contributed by atoms with Crippen LogP contribution in [0.3, 0.4) is 0 Å². The normalized spacial score (nSPS) is 10.8. The van der Waals surface area contributed by atoms with E-state index in [0.717, 1.165) is 37.1 Å². The van der Waals surface area contributed by atoms with Crippen LogP contribution in [0.4, 0.5) is 0 Å². The Bertz CT molecular complexity index is 1450. The van der Waals surface area contributed by atoms with E-state index < -0.39 is 17.2 Å². The number of aromatic nitrogens is 3. The maximum atomic E-state index is 13.4. The molecule has 1 aromatic heterocycles. The molecule has 0 aliphatic rings. The molecule has 0 spiro atoms. The van der Waals surface area contributed by atoms with Crippen LogP contribution < -0.4 is 16.6 Å². The maximum Gasteiger partial charge on any atom is 0.352 e. The minimum Gasteiger partial charge on any atom is -0.346 e. The van der Waals surface area contributed by atoms with Crippen LogP contribution in [0.15, 0.2) is 82.4 Å². The molecule has 0 aliphatic carbocycles. The van der Waals surface area contributed by atoms with Crippen LogP contribution in [0.1, 0.15) is 38.3 Å². The molecule has 0 aliphatic heterocycles. The summed E-state index contributed by atoms with van der Waals surface area (Å²) in [6, 6.07) is 22.5. The first kappa shape index (κ1) is 22.9. The van der Waals surface area contributed by atoms with E-state index in [9.17, 15) is 14.4 Å². The molecule has 172 valence electrons. The van der Waals surface area contributed by atoms with Crippen molar-refractivity contribution >= 4 is 5.91 Å². The molecular weight excluding hydrogens is 428 g/mol. The Morgan fingerprint density at radius 1 is 0.882 bits per heavy atom. The third-order valence-electron chi connectivity index (χ3n) is 5.61. The lowest BCUT2D eigenvalue weighted by Crippen LogP contribution is -2.46. The zero-order chi connectivity index (χ0) is 24.2. The zero-order valence-electron chi connectivity index (χ0n) is 19.4. The van der Waals surface area contributed by atoms with E-state index in [0.29, 0.717) is 5.69 Å². The van der Waals surface area contributed by atoms with Crippen molar-refractivity contribution < 1.29 is 4.79 Å². The molecule has 0 bridgehead atoms. The van der Waals surface area contributed by atoms with Gasteiger partial charge in [-0.05, 0) is 60.7 Å². The molecule has 7 heteroatoms. The average Bonchev–Trinajstić information content (AvgIpc) is 2.81. The van der Waals surface area contributed by atoms with Gasteiger partial charge in [-0.2, -0.15) is 9.78 Å². The second-order valence-electron chi connectivity index (χ2n) is 8.37. The van der Waals surface area contributed by atoms with Gasteiger partial charge in [0.15, 0.2) is 0 Å². The second-order valence-corrected chi connectivity index (χ2v) is 8.37. The van der Waals surface area contributed by atoms with Crippen LogP contribution in [0, 0.1) is 20.8 Å². The Kier molecular flexibility index (Phi) is 6.54. The number of benzene rings is 3. The van der Waals surface area contributed by atoms with Crippen molar-refractivity contribution in [3.63, 3.8) is 0 Å². The predicted molar refractivity (Wildman–Crippen MR) is 131 cm³/mol. The standard InChI is InChI=1S/C27H26N4O3/c1-18-13-19(2)15-23(14-18)31-27(34)30(17-22-12-8-7-9-20(22)3)26(33)24(29-31)25(32)28-16-21-10-5-4-6-11-21/h4-15H,16-17H2,1-3H3,(H,28,32). The summed E-state index contributed by atoms with van der Waals surface area (Å²) in [7, 11) is 0. The Morgan fingerprint density at radius 3 is 2.21 bits per heavy atom. The fourth-order valence-electron chi connectivity index (χ4n) is 3.86. The Balaban J connectivity index is 1.83. The lowest BCUT2D eigenvalue weighted by molar-refractivity contribution is 0.0941. The number of hydrogen-bond acceptors (Lipinski definition) is 4. The Hall–Kier alpha value is -4.26. The smallest absolute Gasteiger partial charge is 0.346 e. The lowest BCUT2D eigenvalue weighted by atomic mass is 10.1. The first-order valence-electron chi connectivity index (χ1n) is 11.0. The summed E-state index contributed by atoms with van der Waals surface area (Å²) in [4.78, 5) is 39.8. The number of rotatable bonds is 6. The summed E-state index contributed by atoms with van der Waals surface area (Å²) in [5.74, 6) is -0.634. The van der Waals surface area contributed by atoms with E-state index in [2.05, 4.69) is 10.4 Å². The van der Waals surface area contributed by atoms with Gasteiger partial charge in [0.2, 0.25) is 5.69 Å². The highest BCUT2D eigenvalue weighted by Crippen LogP contribution is 2.12. The van der Waals surface area contributed by atoms with E-state index in [1.165, 1.54) is 0 Å². The second kappa shape index (κ2) is 9.70. The number of nitrogens with one attached hydrogen (secondary N) is 1. The van der Waals surface area contributed by atoms with Crippen molar-refractivity contribution in [3.05, 3.63) is 127 Å². The van der Waals surface area contributed by atoms with E-state index in [-0.39, 0.29) is 18.8 Å². The third kappa shape index (κ3) is 4.88. The summed E-state index contributed by atoms with van der Waals surface area (Å²) in [6.45, 7) is 6.02. The number of carbonyl (C=O) groups excluding carboxylic acids is 1. The zero-order valence-corrected chi connectivity index (χ0v) is 19.4. The first-order chi connectivity index (χ1) is 16.3. The molecule has 34 heavy (non-hydrogen) atoms.